The predicted molar refractivity (Wildman–Crippen MR) is 260 cm³/mol. The van der Waals surface area contributed by atoms with Crippen LogP contribution in [-0.2, 0) is 41.5 Å². The van der Waals surface area contributed by atoms with Gasteiger partial charge in [0.05, 0.1) is 79.3 Å². The van der Waals surface area contributed by atoms with Gasteiger partial charge in [-0.05, 0) is 66.3 Å². The van der Waals surface area contributed by atoms with Gasteiger partial charge in [-0.3, -0.25) is 0 Å². The molecule has 9 rings (SSSR count). The largest absolute Gasteiger partial charge is 0.381 e. The Kier molecular flexibility index (Phi) is 18.8. The van der Waals surface area contributed by atoms with E-state index in [2.05, 4.69) is 32.7 Å². The molecular weight excluding hydrogens is 919 g/mol. The summed E-state index contributed by atoms with van der Waals surface area (Å²) < 4.78 is 115. The lowest BCUT2D eigenvalue weighted by atomic mass is 9.96. The molecule has 6 aromatic carbocycles. The molecule has 0 bridgehead atoms. The van der Waals surface area contributed by atoms with Crippen molar-refractivity contribution in [3.05, 3.63) is 155 Å². The number of hydrogen-bond donors (Lipinski definition) is 4. The first kappa shape index (κ1) is 51.1. The third kappa shape index (κ3) is 13.3. The zero-order chi connectivity index (χ0) is 49.2. The second-order valence-corrected chi connectivity index (χ2v) is 15.6. The minimum Gasteiger partial charge on any atom is -0.381 e. The number of pyridine rings is 2. The van der Waals surface area contributed by atoms with E-state index in [0.29, 0.717) is 79.3 Å². The Hall–Kier alpha value is -6.80. The lowest BCUT2D eigenvalue weighted by Crippen LogP contribution is -2.16. The van der Waals surface area contributed by atoms with Gasteiger partial charge in [-0.15, -0.1) is 0 Å². The van der Waals surface area contributed by atoms with E-state index in [1.165, 1.54) is 0 Å². The monoisotopic (exact) mass is 970 g/mol. The molecule has 3 heterocycles. The van der Waals surface area contributed by atoms with E-state index in [0.717, 1.165) is 54.2 Å². The van der Waals surface area contributed by atoms with Crippen LogP contribution in [0.1, 0.15) is 11.1 Å². The first-order chi connectivity index (χ1) is 34.1. The number of aromatic nitrogens is 2. The predicted octanol–water partition coefficient (Wildman–Crippen LogP) is 10.1. The Morgan fingerprint density at radius 2 is 0.614 bits per heavy atom. The van der Waals surface area contributed by atoms with Crippen molar-refractivity contribution in [2.75, 3.05) is 101 Å². The zero-order valence-corrected chi connectivity index (χ0v) is 38.1. The molecule has 70 heavy (non-hydrogen) atoms. The average Bonchev–Trinajstić information content (AvgIpc) is 3.37. The number of rotatable bonds is 6. The number of fused-ring (bicyclic) bond motifs is 4. The van der Waals surface area contributed by atoms with Crippen molar-refractivity contribution in [3.8, 4) is 0 Å². The van der Waals surface area contributed by atoms with Crippen LogP contribution < -0.4 is 22.1 Å². The van der Waals surface area contributed by atoms with Gasteiger partial charge in [-0.2, -0.15) is 27.5 Å². The van der Waals surface area contributed by atoms with Gasteiger partial charge in [0.15, 0.2) is 23.3 Å². The van der Waals surface area contributed by atoms with E-state index in [1.54, 1.807) is 0 Å². The van der Waals surface area contributed by atoms with Crippen LogP contribution in [0.4, 0.5) is 49.4 Å². The molecule has 0 unspecified atom stereocenters. The van der Waals surface area contributed by atoms with E-state index < -0.39 is 58.2 Å². The minimum absolute atomic E-state index is 0.0958. The SMILES string of the molecule is C1COCCOCCOCCOCCOCCO1.Nc1nc(F)c(F)c(NCc2c3ccccc3cc3ccccc23)c1F.Nc1nc(F)c(F)c(NCc2c3ccccc3cc3ccccc23)c1F. The topological polar surface area (TPSA) is 157 Å². The molecule has 1 saturated heterocycles. The third-order valence-electron chi connectivity index (χ3n) is 11.0. The quantitative estimate of drug-likeness (QED) is 0.0712. The fourth-order valence-corrected chi connectivity index (χ4v) is 7.64. The Morgan fingerprint density at radius 1 is 0.371 bits per heavy atom. The molecule has 0 amide bonds. The molecule has 1 aliphatic rings. The van der Waals surface area contributed by atoms with Gasteiger partial charge < -0.3 is 50.5 Å². The molecule has 0 aliphatic carbocycles. The molecular formula is C52H52F6N6O6. The van der Waals surface area contributed by atoms with Gasteiger partial charge >= 0.3 is 0 Å². The third-order valence-corrected chi connectivity index (χ3v) is 11.0. The van der Waals surface area contributed by atoms with E-state index >= 15 is 0 Å². The summed E-state index contributed by atoms with van der Waals surface area (Å²) in [5.74, 6) is -9.23. The van der Waals surface area contributed by atoms with E-state index in [-0.39, 0.29) is 13.1 Å². The molecule has 0 atom stereocenters. The molecule has 18 heteroatoms. The highest BCUT2D eigenvalue weighted by Gasteiger charge is 2.21. The molecule has 0 radical (unpaired) electrons. The van der Waals surface area contributed by atoms with Gasteiger partial charge in [-0.25, -0.2) is 8.78 Å². The number of anilines is 4. The van der Waals surface area contributed by atoms with E-state index in [1.807, 2.05) is 97.1 Å². The lowest BCUT2D eigenvalue weighted by Gasteiger charge is -2.14. The van der Waals surface area contributed by atoms with Crippen molar-refractivity contribution >= 4 is 66.1 Å². The first-order valence-corrected chi connectivity index (χ1v) is 22.4. The highest BCUT2D eigenvalue weighted by Crippen LogP contribution is 2.33. The minimum atomic E-state index is -1.44. The normalized spacial score (nSPS) is 14.5. The van der Waals surface area contributed by atoms with Crippen LogP contribution in [0.25, 0.3) is 43.1 Å². The molecule has 8 aromatic rings. The average molecular weight is 971 g/mol. The summed E-state index contributed by atoms with van der Waals surface area (Å²) in [5, 5.41) is 13.1. The molecule has 1 fully saturated rings. The number of nitrogens with zero attached hydrogens (tertiary/aromatic N) is 2. The molecule has 6 N–H and O–H groups in total. The fourth-order valence-electron chi connectivity index (χ4n) is 7.64. The molecule has 0 saturated carbocycles. The number of nitrogens with two attached hydrogens (primary N) is 2. The smallest absolute Gasteiger partial charge is 0.253 e. The first-order valence-electron chi connectivity index (χ1n) is 22.4. The maximum absolute atomic E-state index is 14.1. The van der Waals surface area contributed by atoms with Crippen molar-refractivity contribution < 1.29 is 54.8 Å². The van der Waals surface area contributed by atoms with Crippen molar-refractivity contribution in [3.63, 3.8) is 0 Å². The number of hydrogen-bond acceptors (Lipinski definition) is 12. The summed E-state index contributed by atoms with van der Waals surface area (Å²) in [7, 11) is 0. The summed E-state index contributed by atoms with van der Waals surface area (Å²) in [6, 6.07) is 35.0. The van der Waals surface area contributed by atoms with Crippen LogP contribution in [0, 0.1) is 35.2 Å². The van der Waals surface area contributed by atoms with Crippen molar-refractivity contribution in [2.24, 2.45) is 0 Å². The zero-order valence-electron chi connectivity index (χ0n) is 38.1. The van der Waals surface area contributed by atoms with Crippen molar-refractivity contribution in [2.45, 2.75) is 13.1 Å². The Morgan fingerprint density at radius 3 is 0.871 bits per heavy atom. The fraction of sp³-hybridized carbons (Fsp3) is 0.269. The van der Waals surface area contributed by atoms with E-state index in [9.17, 15) is 26.3 Å². The molecule has 0 spiro atoms. The van der Waals surface area contributed by atoms with Gasteiger partial charge in [0.25, 0.3) is 11.9 Å². The number of halogens is 6. The maximum Gasteiger partial charge on any atom is 0.253 e. The van der Waals surface area contributed by atoms with Crippen LogP contribution in [0.2, 0.25) is 0 Å². The lowest BCUT2D eigenvalue weighted by molar-refractivity contribution is -0.0334. The second-order valence-electron chi connectivity index (χ2n) is 15.6. The highest BCUT2D eigenvalue weighted by molar-refractivity contribution is 6.03. The number of nitrogens with one attached hydrogen (secondary N) is 2. The molecule has 2 aromatic heterocycles. The molecule has 12 nitrogen and oxygen atoms in total. The van der Waals surface area contributed by atoms with Gasteiger partial charge in [-0.1, -0.05) is 97.1 Å². The Balaban J connectivity index is 0.000000158. The highest BCUT2D eigenvalue weighted by atomic mass is 19.2. The summed E-state index contributed by atoms with van der Waals surface area (Å²) in [6.45, 7) is 7.23. The van der Waals surface area contributed by atoms with Gasteiger partial charge in [0, 0.05) is 13.1 Å². The van der Waals surface area contributed by atoms with Gasteiger partial charge in [0.2, 0.25) is 11.6 Å². The number of ether oxygens (including phenoxy) is 6. The van der Waals surface area contributed by atoms with Crippen LogP contribution in [0.15, 0.2) is 109 Å². The van der Waals surface area contributed by atoms with Crippen LogP contribution in [-0.4, -0.2) is 89.3 Å². The van der Waals surface area contributed by atoms with Crippen LogP contribution in [0.3, 0.4) is 0 Å². The van der Waals surface area contributed by atoms with Crippen LogP contribution in [0.5, 0.6) is 0 Å². The number of benzene rings is 6. The summed E-state index contributed by atoms with van der Waals surface area (Å²) in [5.41, 5.74) is 11.1. The maximum atomic E-state index is 14.1. The Labute approximate surface area is 399 Å². The van der Waals surface area contributed by atoms with Crippen molar-refractivity contribution in [1.29, 1.82) is 0 Å². The second kappa shape index (κ2) is 25.7. The summed E-state index contributed by atoms with van der Waals surface area (Å²) >= 11 is 0. The van der Waals surface area contributed by atoms with E-state index in [4.69, 9.17) is 39.9 Å². The Bertz CT molecular complexity index is 2590. The molecule has 1 aliphatic heterocycles. The molecule has 368 valence electrons. The summed E-state index contributed by atoms with van der Waals surface area (Å²) in [6.07, 6.45) is 0. The van der Waals surface area contributed by atoms with Crippen LogP contribution >= 0.6 is 0 Å². The van der Waals surface area contributed by atoms with Gasteiger partial charge in [0.1, 0.15) is 11.4 Å². The summed E-state index contributed by atoms with van der Waals surface area (Å²) in [4.78, 5) is 6.02. The standard InChI is InChI=1S/2C20H14F3N3.C12H24O6/c2*21-16-18(17(22)20(24)26-19(16)23)25-10-15-13-7-3-1-5-11(13)9-12-6-2-4-8-14(12)15;1-2-14-5-6-16-9-10-18-12-11-17-8-7-15-4-3-13-1/h2*1-9H,10H2,(H3,24,25,26);1-12H2. The number of nitrogen functional groups attached to an aromatic ring is 2. The van der Waals surface area contributed by atoms with Crippen molar-refractivity contribution in [1.82, 2.24) is 9.97 Å².